The van der Waals surface area contributed by atoms with Crippen LogP contribution in [0.15, 0.2) is 65.6 Å². The van der Waals surface area contributed by atoms with E-state index in [0.29, 0.717) is 40.9 Å². The van der Waals surface area contributed by atoms with Crippen LogP contribution in [0.4, 0.5) is 9.18 Å². The number of carbonyl (C=O) groups excluding carboxylic acids is 2. The van der Waals surface area contributed by atoms with Gasteiger partial charge in [-0.1, -0.05) is 53.6 Å². The van der Waals surface area contributed by atoms with Crippen LogP contribution in [-0.2, 0) is 17.9 Å². The highest BCUT2D eigenvalue weighted by molar-refractivity contribution is 8.18. The fraction of sp³-hybridized carbons (Fsp3) is 0.185. The molecule has 8 heteroatoms. The first-order chi connectivity index (χ1) is 16.8. The Kier molecular flexibility index (Phi) is 7.78. The van der Waals surface area contributed by atoms with Gasteiger partial charge in [-0.05, 0) is 72.6 Å². The Hall–Kier alpha value is -3.29. The topological polar surface area (TPSA) is 55.8 Å². The van der Waals surface area contributed by atoms with Gasteiger partial charge in [0.2, 0.25) is 0 Å². The summed E-state index contributed by atoms with van der Waals surface area (Å²) < 4.78 is 24.9. The number of amides is 2. The summed E-state index contributed by atoms with van der Waals surface area (Å²) in [4.78, 5) is 26.8. The van der Waals surface area contributed by atoms with Crippen molar-refractivity contribution >= 4 is 40.6 Å². The zero-order chi connectivity index (χ0) is 24.9. The van der Waals surface area contributed by atoms with E-state index in [9.17, 15) is 14.0 Å². The maximum absolute atomic E-state index is 13.2. The third-order valence-corrected chi connectivity index (χ3v) is 6.45. The third kappa shape index (κ3) is 6.05. The molecule has 1 aliphatic rings. The van der Waals surface area contributed by atoms with E-state index in [-0.39, 0.29) is 22.5 Å². The third-order valence-electron chi connectivity index (χ3n) is 5.26. The molecule has 0 N–H and O–H groups in total. The number of hydrogen-bond donors (Lipinski definition) is 0. The molecule has 1 aliphatic heterocycles. The molecule has 1 fully saturated rings. The average molecular weight is 512 g/mol. The van der Waals surface area contributed by atoms with Gasteiger partial charge in [0.1, 0.15) is 12.4 Å². The molecule has 35 heavy (non-hydrogen) atoms. The highest BCUT2D eigenvalue weighted by Gasteiger charge is 2.35. The van der Waals surface area contributed by atoms with Crippen molar-refractivity contribution in [3.05, 3.63) is 98.7 Å². The lowest BCUT2D eigenvalue weighted by atomic mass is 10.1. The molecule has 3 aromatic carbocycles. The van der Waals surface area contributed by atoms with Gasteiger partial charge in [0.05, 0.1) is 23.1 Å². The van der Waals surface area contributed by atoms with E-state index in [1.807, 2.05) is 38.1 Å². The van der Waals surface area contributed by atoms with Crippen molar-refractivity contribution < 1.29 is 23.5 Å². The lowest BCUT2D eigenvalue weighted by Gasteiger charge is -2.15. The fourth-order valence-corrected chi connectivity index (χ4v) is 4.59. The smallest absolute Gasteiger partial charge is 0.293 e. The summed E-state index contributed by atoms with van der Waals surface area (Å²) >= 11 is 7.37. The van der Waals surface area contributed by atoms with Crippen molar-refractivity contribution in [2.45, 2.75) is 27.0 Å². The van der Waals surface area contributed by atoms with Gasteiger partial charge in [-0.25, -0.2) is 4.39 Å². The standard InChI is InChI=1S/C27H23ClFNO4S/c1-3-33-23-13-20(12-22(28)25(23)34-16-19-6-4-17(2)5-7-19)14-24-26(31)30(27(32)35-24)15-18-8-10-21(29)11-9-18/h4-14H,3,15-16H2,1-2H3/b24-14-. The average Bonchev–Trinajstić information content (AvgIpc) is 3.08. The van der Waals surface area contributed by atoms with Gasteiger partial charge >= 0.3 is 0 Å². The van der Waals surface area contributed by atoms with E-state index in [2.05, 4.69) is 0 Å². The van der Waals surface area contributed by atoms with Crippen LogP contribution in [0.5, 0.6) is 11.5 Å². The quantitative estimate of drug-likeness (QED) is 0.305. The minimum absolute atomic E-state index is 0.0685. The normalized spacial score (nSPS) is 14.6. The van der Waals surface area contributed by atoms with E-state index in [0.717, 1.165) is 27.8 Å². The Bertz CT molecular complexity index is 1280. The van der Waals surface area contributed by atoms with Gasteiger partial charge in [0.15, 0.2) is 11.5 Å². The summed E-state index contributed by atoms with van der Waals surface area (Å²) in [5, 5.41) is -0.0559. The minimum Gasteiger partial charge on any atom is -0.490 e. The number of benzene rings is 3. The van der Waals surface area contributed by atoms with Gasteiger partial charge in [-0.2, -0.15) is 0 Å². The Morgan fingerprint density at radius 2 is 1.69 bits per heavy atom. The Morgan fingerprint density at radius 3 is 2.37 bits per heavy atom. The Labute approximate surface area is 212 Å². The minimum atomic E-state index is -0.418. The molecule has 1 saturated heterocycles. The molecule has 4 rings (SSSR count). The maximum atomic E-state index is 13.2. The number of rotatable bonds is 8. The number of thioether (sulfide) groups is 1. The predicted molar refractivity (Wildman–Crippen MR) is 136 cm³/mol. The van der Waals surface area contributed by atoms with Crippen molar-refractivity contribution in [3.8, 4) is 11.5 Å². The molecule has 2 amide bonds. The molecular weight excluding hydrogens is 489 g/mol. The molecule has 0 radical (unpaired) electrons. The summed E-state index contributed by atoms with van der Waals surface area (Å²) in [5.41, 5.74) is 3.42. The Morgan fingerprint density at radius 1 is 1.00 bits per heavy atom. The number of carbonyl (C=O) groups is 2. The van der Waals surface area contributed by atoms with Crippen LogP contribution in [0.25, 0.3) is 6.08 Å². The van der Waals surface area contributed by atoms with E-state index < -0.39 is 5.91 Å². The van der Waals surface area contributed by atoms with E-state index >= 15 is 0 Å². The second kappa shape index (κ2) is 11.0. The zero-order valence-corrected chi connectivity index (χ0v) is 20.8. The predicted octanol–water partition coefficient (Wildman–Crippen LogP) is 7.00. The van der Waals surface area contributed by atoms with E-state index in [4.69, 9.17) is 21.1 Å². The first-order valence-corrected chi connectivity index (χ1v) is 12.2. The van der Waals surface area contributed by atoms with Crippen LogP contribution >= 0.6 is 23.4 Å². The van der Waals surface area contributed by atoms with E-state index in [1.54, 1.807) is 30.3 Å². The maximum Gasteiger partial charge on any atom is 0.293 e. The second-order valence-electron chi connectivity index (χ2n) is 7.93. The molecule has 0 bridgehead atoms. The van der Waals surface area contributed by atoms with Crippen LogP contribution in [0.2, 0.25) is 5.02 Å². The summed E-state index contributed by atoms with van der Waals surface area (Å²) in [5.74, 6) is 0.0636. The van der Waals surface area contributed by atoms with Crippen LogP contribution in [0.3, 0.4) is 0 Å². The summed E-state index contributed by atoms with van der Waals surface area (Å²) in [6.07, 6.45) is 1.60. The summed E-state index contributed by atoms with van der Waals surface area (Å²) in [6.45, 7) is 4.66. The number of ether oxygens (including phenoxy) is 2. The highest BCUT2D eigenvalue weighted by Crippen LogP contribution is 2.39. The fourth-order valence-electron chi connectivity index (χ4n) is 3.47. The number of halogens is 2. The molecule has 0 unspecified atom stereocenters. The number of aryl methyl sites for hydroxylation is 1. The summed E-state index contributed by atoms with van der Waals surface area (Å²) in [7, 11) is 0. The van der Waals surface area contributed by atoms with Crippen molar-refractivity contribution in [2.24, 2.45) is 0 Å². The van der Waals surface area contributed by atoms with Crippen LogP contribution < -0.4 is 9.47 Å². The van der Waals surface area contributed by atoms with Crippen LogP contribution in [0.1, 0.15) is 29.2 Å². The van der Waals surface area contributed by atoms with Crippen LogP contribution in [0, 0.1) is 12.7 Å². The van der Waals surface area contributed by atoms with Gasteiger partial charge in [0.25, 0.3) is 11.1 Å². The van der Waals surface area contributed by atoms with Crippen LogP contribution in [-0.4, -0.2) is 22.7 Å². The van der Waals surface area contributed by atoms with Crippen molar-refractivity contribution in [2.75, 3.05) is 6.61 Å². The van der Waals surface area contributed by atoms with Crippen molar-refractivity contribution in [1.82, 2.24) is 4.90 Å². The first-order valence-electron chi connectivity index (χ1n) is 11.0. The zero-order valence-electron chi connectivity index (χ0n) is 19.2. The molecular formula is C27H23ClFNO4S. The van der Waals surface area contributed by atoms with Crippen molar-refractivity contribution in [1.29, 1.82) is 0 Å². The molecule has 180 valence electrons. The highest BCUT2D eigenvalue weighted by atomic mass is 35.5. The van der Waals surface area contributed by atoms with Gasteiger partial charge in [0, 0.05) is 0 Å². The molecule has 0 saturated carbocycles. The number of imide groups is 1. The lowest BCUT2D eigenvalue weighted by Crippen LogP contribution is -2.27. The number of nitrogens with zero attached hydrogens (tertiary/aromatic N) is 1. The first kappa shape index (κ1) is 24.8. The molecule has 0 atom stereocenters. The largest absolute Gasteiger partial charge is 0.490 e. The Balaban J connectivity index is 1.54. The molecule has 5 nitrogen and oxygen atoms in total. The number of hydrogen-bond acceptors (Lipinski definition) is 5. The van der Waals surface area contributed by atoms with Gasteiger partial charge in [-0.15, -0.1) is 0 Å². The SMILES string of the molecule is CCOc1cc(/C=C2\SC(=O)N(Cc3ccc(F)cc3)C2=O)cc(Cl)c1OCc1ccc(C)cc1. The molecule has 3 aromatic rings. The molecule has 0 aliphatic carbocycles. The lowest BCUT2D eigenvalue weighted by molar-refractivity contribution is -0.123. The molecule has 0 aromatic heterocycles. The monoisotopic (exact) mass is 511 g/mol. The summed E-state index contributed by atoms with van der Waals surface area (Å²) in [6, 6.07) is 17.1. The second-order valence-corrected chi connectivity index (χ2v) is 9.33. The van der Waals surface area contributed by atoms with Crippen molar-refractivity contribution in [3.63, 3.8) is 0 Å². The van der Waals surface area contributed by atoms with Gasteiger partial charge in [-0.3, -0.25) is 14.5 Å². The molecule has 0 spiro atoms. The van der Waals surface area contributed by atoms with E-state index in [1.165, 1.54) is 12.1 Å². The molecule has 1 heterocycles. The van der Waals surface area contributed by atoms with Gasteiger partial charge < -0.3 is 9.47 Å².